The molecule has 0 aliphatic carbocycles. The number of rotatable bonds is 4. The van der Waals surface area contributed by atoms with E-state index in [9.17, 15) is 0 Å². The molecule has 0 atom stereocenters. The summed E-state index contributed by atoms with van der Waals surface area (Å²) >= 11 is 5.59. The molecule has 0 radical (unpaired) electrons. The van der Waals surface area contributed by atoms with E-state index < -0.39 is 0 Å². The number of nitrogens with zero attached hydrogens (tertiary/aromatic N) is 1. The van der Waals surface area contributed by atoms with Crippen LogP contribution in [-0.2, 0) is 6.42 Å². The van der Waals surface area contributed by atoms with Gasteiger partial charge < -0.3 is 4.74 Å². The molecule has 1 heterocycles. The molecule has 0 amide bonds. The van der Waals surface area contributed by atoms with Gasteiger partial charge in [-0.3, -0.25) is 0 Å². The van der Waals surface area contributed by atoms with Gasteiger partial charge in [0.15, 0.2) is 0 Å². The van der Waals surface area contributed by atoms with Crippen LogP contribution in [0.5, 0.6) is 5.88 Å². The highest BCUT2D eigenvalue weighted by Crippen LogP contribution is 2.15. The Bertz CT molecular complexity index is 240. The van der Waals surface area contributed by atoms with E-state index >= 15 is 0 Å². The maximum atomic E-state index is 5.59. The molecule has 1 rings (SSSR count). The van der Waals surface area contributed by atoms with E-state index in [2.05, 4.69) is 4.98 Å². The summed E-state index contributed by atoms with van der Waals surface area (Å²) in [6, 6.07) is 3.92. The van der Waals surface area contributed by atoms with Crippen molar-refractivity contribution in [3.05, 3.63) is 23.9 Å². The fourth-order valence-corrected chi connectivity index (χ4v) is 1.19. The second-order valence-electron chi connectivity index (χ2n) is 2.46. The molecule has 0 aromatic carbocycles. The van der Waals surface area contributed by atoms with Crippen LogP contribution in [0.15, 0.2) is 18.3 Å². The second-order valence-corrected chi connectivity index (χ2v) is 2.84. The third-order valence-electron chi connectivity index (χ3n) is 1.62. The van der Waals surface area contributed by atoms with Crippen molar-refractivity contribution < 1.29 is 4.74 Å². The molecule has 0 spiro atoms. The highest BCUT2D eigenvalue weighted by molar-refractivity contribution is 6.17. The Morgan fingerprint density at radius 1 is 1.58 bits per heavy atom. The first-order valence-electron chi connectivity index (χ1n) is 3.92. The Morgan fingerprint density at radius 2 is 2.42 bits per heavy atom. The van der Waals surface area contributed by atoms with Crippen molar-refractivity contribution in [3.63, 3.8) is 0 Å². The second kappa shape index (κ2) is 4.99. The fraction of sp³-hybridized carbons (Fsp3) is 0.444. The van der Waals surface area contributed by atoms with Crippen molar-refractivity contribution in [2.24, 2.45) is 0 Å². The number of hydrogen-bond acceptors (Lipinski definition) is 2. The minimum atomic E-state index is 0.679. The summed E-state index contributed by atoms with van der Waals surface area (Å²) < 4.78 is 5.09. The average Bonchev–Trinajstić information content (AvgIpc) is 2.15. The predicted octanol–water partition coefficient (Wildman–Crippen LogP) is 2.26. The van der Waals surface area contributed by atoms with Gasteiger partial charge in [-0.15, -0.1) is 11.6 Å². The first kappa shape index (κ1) is 9.33. The van der Waals surface area contributed by atoms with E-state index in [0.717, 1.165) is 18.4 Å². The van der Waals surface area contributed by atoms with E-state index in [4.69, 9.17) is 16.3 Å². The standard InChI is InChI=1S/C9H12ClNO/c1-12-9-8(4-2-6-10)5-3-7-11-9/h3,5,7H,2,4,6H2,1H3. The van der Waals surface area contributed by atoms with Gasteiger partial charge in [0, 0.05) is 17.6 Å². The Kier molecular flexibility index (Phi) is 3.88. The lowest BCUT2D eigenvalue weighted by Crippen LogP contribution is -1.94. The number of hydrogen-bond donors (Lipinski definition) is 0. The Morgan fingerprint density at radius 3 is 3.08 bits per heavy atom. The van der Waals surface area contributed by atoms with Gasteiger partial charge in [0.25, 0.3) is 0 Å². The molecule has 1 aromatic rings. The van der Waals surface area contributed by atoms with E-state index in [1.807, 2.05) is 12.1 Å². The third kappa shape index (κ3) is 2.38. The van der Waals surface area contributed by atoms with Crippen LogP contribution in [-0.4, -0.2) is 18.0 Å². The van der Waals surface area contributed by atoms with Gasteiger partial charge in [-0.1, -0.05) is 6.07 Å². The lowest BCUT2D eigenvalue weighted by atomic mass is 10.1. The average molecular weight is 186 g/mol. The predicted molar refractivity (Wildman–Crippen MR) is 49.8 cm³/mol. The summed E-state index contributed by atoms with van der Waals surface area (Å²) in [5, 5.41) is 0. The Balaban J connectivity index is 2.68. The molecule has 0 bridgehead atoms. The van der Waals surface area contributed by atoms with Crippen molar-refractivity contribution in [2.75, 3.05) is 13.0 Å². The molecular formula is C9H12ClNO. The largest absolute Gasteiger partial charge is 0.481 e. The zero-order valence-corrected chi connectivity index (χ0v) is 7.84. The van der Waals surface area contributed by atoms with Crippen LogP contribution in [0, 0.1) is 0 Å². The van der Waals surface area contributed by atoms with Gasteiger partial charge in [0.1, 0.15) is 0 Å². The number of halogens is 1. The number of ether oxygens (including phenoxy) is 1. The zero-order valence-electron chi connectivity index (χ0n) is 7.09. The summed E-state index contributed by atoms with van der Waals surface area (Å²) in [6.07, 6.45) is 3.62. The van der Waals surface area contributed by atoms with Crippen LogP contribution >= 0.6 is 11.6 Å². The minimum Gasteiger partial charge on any atom is -0.481 e. The molecule has 2 nitrogen and oxygen atoms in total. The summed E-state index contributed by atoms with van der Waals surface area (Å²) in [5.74, 6) is 1.39. The number of aryl methyl sites for hydroxylation is 1. The molecule has 3 heteroatoms. The molecule has 0 saturated heterocycles. The van der Waals surface area contributed by atoms with Crippen LogP contribution in [0.25, 0.3) is 0 Å². The smallest absolute Gasteiger partial charge is 0.216 e. The Hall–Kier alpha value is -0.760. The van der Waals surface area contributed by atoms with Crippen LogP contribution in [0.3, 0.4) is 0 Å². The number of alkyl halides is 1. The molecular weight excluding hydrogens is 174 g/mol. The number of aromatic nitrogens is 1. The maximum Gasteiger partial charge on any atom is 0.216 e. The van der Waals surface area contributed by atoms with Crippen LogP contribution in [0.2, 0.25) is 0 Å². The monoisotopic (exact) mass is 185 g/mol. The zero-order chi connectivity index (χ0) is 8.81. The van der Waals surface area contributed by atoms with Crippen LogP contribution in [0.4, 0.5) is 0 Å². The highest BCUT2D eigenvalue weighted by Gasteiger charge is 2.01. The van der Waals surface area contributed by atoms with Crippen molar-refractivity contribution in [2.45, 2.75) is 12.8 Å². The molecule has 0 fully saturated rings. The lowest BCUT2D eigenvalue weighted by Gasteiger charge is -2.04. The van der Waals surface area contributed by atoms with Crippen molar-refractivity contribution in [1.82, 2.24) is 4.98 Å². The summed E-state index contributed by atoms with van der Waals surface area (Å²) in [4.78, 5) is 4.08. The molecule has 12 heavy (non-hydrogen) atoms. The van der Waals surface area contributed by atoms with E-state index in [1.54, 1.807) is 13.3 Å². The molecule has 0 aliphatic rings. The van der Waals surface area contributed by atoms with Crippen molar-refractivity contribution >= 4 is 11.6 Å². The first-order chi connectivity index (χ1) is 5.88. The molecule has 66 valence electrons. The van der Waals surface area contributed by atoms with Gasteiger partial charge in [-0.2, -0.15) is 0 Å². The van der Waals surface area contributed by atoms with Crippen LogP contribution < -0.4 is 4.74 Å². The Labute approximate surface area is 77.5 Å². The van der Waals surface area contributed by atoms with E-state index in [1.165, 1.54) is 0 Å². The number of methoxy groups -OCH3 is 1. The maximum absolute atomic E-state index is 5.59. The van der Waals surface area contributed by atoms with Crippen LogP contribution in [0.1, 0.15) is 12.0 Å². The SMILES string of the molecule is COc1ncccc1CCCCl. The minimum absolute atomic E-state index is 0.679. The fourth-order valence-electron chi connectivity index (χ4n) is 1.06. The topological polar surface area (TPSA) is 22.1 Å². The normalized spacial score (nSPS) is 9.83. The quantitative estimate of drug-likeness (QED) is 0.672. The first-order valence-corrected chi connectivity index (χ1v) is 4.45. The lowest BCUT2D eigenvalue weighted by molar-refractivity contribution is 0.392. The van der Waals surface area contributed by atoms with Gasteiger partial charge in [0.2, 0.25) is 5.88 Å². The third-order valence-corrected chi connectivity index (χ3v) is 1.89. The van der Waals surface area contributed by atoms with Gasteiger partial charge in [-0.25, -0.2) is 4.98 Å². The van der Waals surface area contributed by atoms with E-state index in [0.29, 0.717) is 11.8 Å². The van der Waals surface area contributed by atoms with E-state index in [-0.39, 0.29) is 0 Å². The molecule has 0 unspecified atom stereocenters. The molecule has 0 N–H and O–H groups in total. The van der Waals surface area contributed by atoms with Crippen molar-refractivity contribution in [1.29, 1.82) is 0 Å². The molecule has 0 aliphatic heterocycles. The van der Waals surface area contributed by atoms with Crippen molar-refractivity contribution in [3.8, 4) is 5.88 Å². The van der Waals surface area contributed by atoms with Gasteiger partial charge in [0.05, 0.1) is 7.11 Å². The van der Waals surface area contributed by atoms with Gasteiger partial charge >= 0.3 is 0 Å². The summed E-state index contributed by atoms with van der Waals surface area (Å²) in [5.41, 5.74) is 1.13. The summed E-state index contributed by atoms with van der Waals surface area (Å²) in [6.45, 7) is 0. The molecule has 0 saturated carbocycles. The summed E-state index contributed by atoms with van der Waals surface area (Å²) in [7, 11) is 1.63. The molecule has 1 aromatic heterocycles. The number of pyridine rings is 1. The van der Waals surface area contributed by atoms with Gasteiger partial charge in [-0.05, 0) is 18.9 Å². The highest BCUT2D eigenvalue weighted by atomic mass is 35.5.